The van der Waals surface area contributed by atoms with E-state index in [0.717, 1.165) is 48.3 Å². The molecule has 4 rings (SSSR count). The van der Waals surface area contributed by atoms with Crippen LogP contribution in [0.1, 0.15) is 9.67 Å². The van der Waals surface area contributed by atoms with Gasteiger partial charge in [-0.2, -0.15) is 0 Å². The number of piperazine rings is 1. The topological polar surface area (TPSA) is 65.9 Å². The van der Waals surface area contributed by atoms with Crippen LogP contribution in [0.5, 0.6) is 5.75 Å². The molecule has 0 radical (unpaired) electrons. The number of nitrogens with zero attached hydrogens (tertiary/aromatic N) is 3. The standard InChI is InChI=1S/C21H21N3O3S/c1-27-17-9-5-8-16(14-17)23-10-12-24(13-11-23)21-22-18(19(28-21)20(25)26)15-6-3-2-4-7-15/h2-9,14H,10-13H2,1H3,(H,25,26). The lowest BCUT2D eigenvalue weighted by molar-refractivity contribution is 0.0702. The van der Waals surface area contributed by atoms with Crippen molar-refractivity contribution in [3.63, 3.8) is 0 Å². The molecule has 1 saturated heterocycles. The maximum Gasteiger partial charge on any atom is 0.348 e. The summed E-state index contributed by atoms with van der Waals surface area (Å²) in [7, 11) is 1.67. The third-order valence-electron chi connectivity index (χ3n) is 4.83. The SMILES string of the molecule is COc1cccc(N2CCN(c3nc(-c4ccccc4)c(C(=O)O)s3)CC2)c1. The molecule has 2 aromatic carbocycles. The van der Waals surface area contributed by atoms with Crippen LogP contribution in [0, 0.1) is 0 Å². The number of anilines is 2. The number of carboxylic acids is 1. The van der Waals surface area contributed by atoms with Gasteiger partial charge in [-0.05, 0) is 12.1 Å². The number of thiazole rings is 1. The monoisotopic (exact) mass is 395 g/mol. The van der Waals surface area contributed by atoms with Crippen LogP contribution in [0.25, 0.3) is 11.3 Å². The molecule has 28 heavy (non-hydrogen) atoms. The van der Waals surface area contributed by atoms with E-state index < -0.39 is 5.97 Å². The van der Waals surface area contributed by atoms with E-state index in [0.29, 0.717) is 5.69 Å². The maximum atomic E-state index is 11.7. The van der Waals surface area contributed by atoms with Crippen LogP contribution >= 0.6 is 11.3 Å². The molecule has 0 spiro atoms. The molecule has 144 valence electrons. The van der Waals surface area contributed by atoms with E-state index in [1.807, 2.05) is 48.5 Å². The highest BCUT2D eigenvalue weighted by molar-refractivity contribution is 7.17. The van der Waals surface area contributed by atoms with Gasteiger partial charge in [-0.15, -0.1) is 0 Å². The van der Waals surface area contributed by atoms with Gasteiger partial charge in [-0.1, -0.05) is 47.7 Å². The zero-order chi connectivity index (χ0) is 19.5. The van der Waals surface area contributed by atoms with Gasteiger partial charge in [0, 0.05) is 43.5 Å². The van der Waals surface area contributed by atoms with Crippen LogP contribution in [0.2, 0.25) is 0 Å². The second-order valence-electron chi connectivity index (χ2n) is 6.52. The molecule has 0 unspecified atom stereocenters. The Labute approximate surface area is 167 Å². The van der Waals surface area contributed by atoms with Crippen LogP contribution in [0.3, 0.4) is 0 Å². The Bertz CT molecular complexity index is 966. The van der Waals surface area contributed by atoms with Crippen molar-refractivity contribution in [2.45, 2.75) is 0 Å². The van der Waals surface area contributed by atoms with Gasteiger partial charge in [0.1, 0.15) is 10.6 Å². The summed E-state index contributed by atoms with van der Waals surface area (Å²) in [5.74, 6) is -0.0870. The predicted molar refractivity (Wildman–Crippen MR) is 112 cm³/mol. The van der Waals surface area contributed by atoms with Crippen LogP contribution < -0.4 is 14.5 Å². The van der Waals surface area contributed by atoms with Gasteiger partial charge < -0.3 is 19.6 Å². The average Bonchev–Trinajstić information content (AvgIpc) is 3.20. The lowest BCUT2D eigenvalue weighted by Crippen LogP contribution is -2.46. The molecule has 3 aromatic rings. The first kappa shape index (κ1) is 18.3. The molecular formula is C21H21N3O3S. The smallest absolute Gasteiger partial charge is 0.348 e. The first-order valence-electron chi connectivity index (χ1n) is 9.09. The zero-order valence-corrected chi connectivity index (χ0v) is 16.4. The van der Waals surface area contributed by atoms with Gasteiger partial charge in [-0.25, -0.2) is 9.78 Å². The Morgan fingerprint density at radius 1 is 1.04 bits per heavy atom. The summed E-state index contributed by atoms with van der Waals surface area (Å²) in [5, 5.41) is 10.4. The minimum absolute atomic E-state index is 0.288. The van der Waals surface area contributed by atoms with Crippen molar-refractivity contribution in [1.29, 1.82) is 0 Å². The number of aromatic nitrogens is 1. The minimum atomic E-state index is -0.933. The number of hydrogen-bond acceptors (Lipinski definition) is 6. The van der Waals surface area contributed by atoms with Crippen molar-refractivity contribution in [1.82, 2.24) is 4.98 Å². The maximum absolute atomic E-state index is 11.7. The summed E-state index contributed by atoms with van der Waals surface area (Å²) >= 11 is 1.25. The molecule has 1 aliphatic rings. The molecule has 1 fully saturated rings. The Hall–Kier alpha value is -3.06. The number of hydrogen-bond donors (Lipinski definition) is 1. The Morgan fingerprint density at radius 3 is 2.43 bits per heavy atom. The first-order chi connectivity index (χ1) is 13.7. The molecule has 0 saturated carbocycles. The summed E-state index contributed by atoms with van der Waals surface area (Å²) in [4.78, 5) is 21.2. The van der Waals surface area contributed by atoms with Crippen molar-refractivity contribution < 1.29 is 14.6 Å². The van der Waals surface area contributed by atoms with E-state index in [1.54, 1.807) is 7.11 Å². The van der Waals surface area contributed by atoms with Gasteiger partial charge in [0.2, 0.25) is 0 Å². The molecule has 1 N–H and O–H groups in total. The molecule has 0 atom stereocenters. The highest BCUT2D eigenvalue weighted by Gasteiger charge is 2.24. The molecule has 7 heteroatoms. The van der Waals surface area contributed by atoms with E-state index in [1.165, 1.54) is 11.3 Å². The molecule has 6 nitrogen and oxygen atoms in total. The molecule has 0 aliphatic carbocycles. The number of carbonyl (C=O) groups is 1. The third-order valence-corrected chi connectivity index (χ3v) is 5.93. The van der Waals surface area contributed by atoms with E-state index in [2.05, 4.69) is 20.9 Å². The summed E-state index contributed by atoms with van der Waals surface area (Å²) in [6.07, 6.45) is 0. The Morgan fingerprint density at radius 2 is 1.75 bits per heavy atom. The molecule has 0 amide bonds. The van der Waals surface area contributed by atoms with Crippen molar-refractivity contribution in [2.24, 2.45) is 0 Å². The van der Waals surface area contributed by atoms with Crippen molar-refractivity contribution in [3.8, 4) is 17.0 Å². The van der Waals surface area contributed by atoms with Crippen LogP contribution in [-0.4, -0.2) is 49.3 Å². The highest BCUT2D eigenvalue weighted by atomic mass is 32.1. The van der Waals surface area contributed by atoms with Crippen LogP contribution in [0.15, 0.2) is 54.6 Å². The lowest BCUT2D eigenvalue weighted by atomic mass is 10.1. The summed E-state index contributed by atoms with van der Waals surface area (Å²) < 4.78 is 5.32. The number of carboxylic acid groups (broad SMARTS) is 1. The highest BCUT2D eigenvalue weighted by Crippen LogP contribution is 2.34. The van der Waals surface area contributed by atoms with Gasteiger partial charge in [0.25, 0.3) is 0 Å². The number of benzene rings is 2. The molecule has 1 aliphatic heterocycles. The lowest BCUT2D eigenvalue weighted by Gasteiger charge is -2.36. The van der Waals surface area contributed by atoms with Crippen LogP contribution in [0.4, 0.5) is 10.8 Å². The number of methoxy groups -OCH3 is 1. The van der Waals surface area contributed by atoms with Gasteiger partial charge in [-0.3, -0.25) is 0 Å². The third kappa shape index (κ3) is 3.66. The van der Waals surface area contributed by atoms with Crippen LogP contribution in [-0.2, 0) is 0 Å². The number of ether oxygens (including phenoxy) is 1. The minimum Gasteiger partial charge on any atom is -0.497 e. The molecule has 0 bridgehead atoms. The normalized spacial score (nSPS) is 14.2. The molecular weight excluding hydrogens is 374 g/mol. The fourth-order valence-electron chi connectivity index (χ4n) is 3.34. The summed E-state index contributed by atoms with van der Waals surface area (Å²) in [6.45, 7) is 3.27. The average molecular weight is 395 g/mol. The fraction of sp³-hybridized carbons (Fsp3) is 0.238. The second kappa shape index (κ2) is 7.90. The summed E-state index contributed by atoms with van der Waals surface area (Å²) in [5.41, 5.74) is 2.51. The van der Waals surface area contributed by atoms with Gasteiger partial charge >= 0.3 is 5.97 Å². The molecule has 1 aromatic heterocycles. The largest absolute Gasteiger partial charge is 0.497 e. The number of rotatable bonds is 5. The zero-order valence-electron chi connectivity index (χ0n) is 15.5. The Balaban J connectivity index is 1.52. The second-order valence-corrected chi connectivity index (χ2v) is 7.50. The van der Waals surface area contributed by atoms with E-state index >= 15 is 0 Å². The van der Waals surface area contributed by atoms with E-state index in [4.69, 9.17) is 4.74 Å². The van der Waals surface area contributed by atoms with Gasteiger partial charge in [0.15, 0.2) is 5.13 Å². The Kier molecular flexibility index (Phi) is 5.16. The van der Waals surface area contributed by atoms with Crippen molar-refractivity contribution in [2.75, 3.05) is 43.1 Å². The molecule has 2 heterocycles. The predicted octanol–water partition coefficient (Wildman–Crippen LogP) is 3.84. The summed E-state index contributed by atoms with van der Waals surface area (Å²) in [6, 6.07) is 17.5. The van der Waals surface area contributed by atoms with Crippen molar-refractivity contribution in [3.05, 3.63) is 59.5 Å². The quantitative estimate of drug-likeness (QED) is 0.708. The van der Waals surface area contributed by atoms with E-state index in [-0.39, 0.29) is 4.88 Å². The number of aromatic carboxylic acids is 1. The fourth-order valence-corrected chi connectivity index (χ4v) is 4.32. The van der Waals surface area contributed by atoms with Crippen molar-refractivity contribution >= 4 is 28.1 Å². The van der Waals surface area contributed by atoms with Gasteiger partial charge in [0.05, 0.1) is 12.8 Å². The first-order valence-corrected chi connectivity index (χ1v) is 9.91. The van der Waals surface area contributed by atoms with E-state index in [9.17, 15) is 9.90 Å².